The third-order valence-electron chi connectivity index (χ3n) is 3.02. The number of nitrogens with one attached hydrogen (secondary N) is 3. The number of methoxy groups -OCH3 is 1. The topological polar surface area (TPSA) is 91.8 Å². The monoisotopic (exact) mass is 360 g/mol. The Kier molecular flexibility index (Phi) is 8.48. The van der Waals surface area contributed by atoms with Crippen LogP contribution < -0.4 is 15.4 Å². The molecule has 1 aromatic carbocycles. The van der Waals surface area contributed by atoms with Crippen LogP contribution in [0.4, 0.5) is 10.1 Å². The van der Waals surface area contributed by atoms with Gasteiger partial charge in [-0.3, -0.25) is 9.71 Å². The number of halogens is 1. The van der Waals surface area contributed by atoms with E-state index in [-0.39, 0.29) is 18.0 Å². The number of sulfonamides is 1. The number of ether oxygens (including phenoxy) is 1. The molecule has 0 aromatic heterocycles. The summed E-state index contributed by atoms with van der Waals surface area (Å²) in [4.78, 5) is 4.23. The van der Waals surface area contributed by atoms with Gasteiger partial charge < -0.3 is 15.4 Å². The number of aliphatic imine (C=N–C) groups is 1. The average molecular weight is 360 g/mol. The molecule has 0 aliphatic carbocycles. The lowest BCUT2D eigenvalue weighted by Crippen LogP contribution is -2.40. The number of hydrogen-bond donors (Lipinski definition) is 3. The Balaban J connectivity index is 2.54. The van der Waals surface area contributed by atoms with Gasteiger partial charge in [0, 0.05) is 20.2 Å². The smallest absolute Gasteiger partial charge is 0.234 e. The second-order valence-corrected chi connectivity index (χ2v) is 6.91. The third-order valence-corrected chi connectivity index (χ3v) is 4.31. The molecule has 0 spiro atoms. The van der Waals surface area contributed by atoms with E-state index in [1.807, 2.05) is 6.92 Å². The van der Waals surface area contributed by atoms with Crippen molar-refractivity contribution in [1.29, 1.82) is 0 Å². The van der Waals surface area contributed by atoms with E-state index >= 15 is 0 Å². The van der Waals surface area contributed by atoms with Crippen LogP contribution in [0.3, 0.4) is 0 Å². The number of anilines is 1. The fourth-order valence-corrected chi connectivity index (χ4v) is 2.74. The largest absolute Gasteiger partial charge is 0.383 e. The van der Waals surface area contributed by atoms with Gasteiger partial charge in [-0.05, 0) is 31.5 Å². The molecule has 0 aliphatic rings. The van der Waals surface area contributed by atoms with E-state index in [0.29, 0.717) is 31.2 Å². The maximum absolute atomic E-state index is 13.5. The molecule has 0 radical (unpaired) electrons. The molecule has 0 bridgehead atoms. The van der Waals surface area contributed by atoms with Crippen molar-refractivity contribution in [1.82, 2.24) is 10.6 Å². The van der Waals surface area contributed by atoms with Crippen LogP contribution in [-0.2, 0) is 14.8 Å². The summed E-state index contributed by atoms with van der Waals surface area (Å²) in [6.07, 6.45) is 0. The van der Waals surface area contributed by atoms with E-state index in [0.717, 1.165) is 6.07 Å². The highest BCUT2D eigenvalue weighted by Gasteiger charge is 2.11. The van der Waals surface area contributed by atoms with Crippen LogP contribution in [0.25, 0.3) is 0 Å². The van der Waals surface area contributed by atoms with Crippen LogP contribution in [0, 0.1) is 12.7 Å². The zero-order chi connectivity index (χ0) is 18.0. The second kappa shape index (κ2) is 10.1. The number of benzene rings is 1. The van der Waals surface area contributed by atoms with Gasteiger partial charge >= 0.3 is 0 Å². The Hall–Kier alpha value is -1.87. The lowest BCUT2D eigenvalue weighted by molar-refractivity contribution is 0.208. The number of guanidine groups is 1. The molecule has 0 heterocycles. The van der Waals surface area contributed by atoms with Gasteiger partial charge in [0.15, 0.2) is 5.96 Å². The summed E-state index contributed by atoms with van der Waals surface area (Å²) < 4.78 is 44.8. The summed E-state index contributed by atoms with van der Waals surface area (Å²) >= 11 is 0. The minimum Gasteiger partial charge on any atom is -0.383 e. The zero-order valence-electron chi connectivity index (χ0n) is 14.2. The Bertz CT molecular complexity index is 650. The Morgan fingerprint density at radius 2 is 2.08 bits per heavy atom. The van der Waals surface area contributed by atoms with Crippen LogP contribution in [0.1, 0.15) is 12.5 Å². The van der Waals surface area contributed by atoms with Crippen molar-refractivity contribution in [2.45, 2.75) is 13.8 Å². The maximum atomic E-state index is 13.5. The van der Waals surface area contributed by atoms with Crippen LogP contribution in [-0.4, -0.2) is 53.5 Å². The first-order valence-corrected chi connectivity index (χ1v) is 9.31. The van der Waals surface area contributed by atoms with Gasteiger partial charge in [-0.15, -0.1) is 0 Å². The fraction of sp³-hybridized carbons (Fsp3) is 0.533. The number of rotatable bonds is 9. The van der Waals surface area contributed by atoms with E-state index in [4.69, 9.17) is 4.74 Å². The number of hydrogen-bond acceptors (Lipinski definition) is 4. The standard InChI is InChI=1S/C15H25FN4O3S/c1-4-17-15(18-7-9-23-3)19-8-10-24(21,22)20-13-6-5-12(2)14(16)11-13/h5-6,11,20H,4,7-10H2,1-3H3,(H2,17,18,19). The van der Waals surface area contributed by atoms with Crippen molar-refractivity contribution in [2.75, 3.05) is 43.8 Å². The molecule has 1 aromatic rings. The molecule has 3 N–H and O–H groups in total. The van der Waals surface area contributed by atoms with Crippen molar-refractivity contribution < 1.29 is 17.5 Å². The van der Waals surface area contributed by atoms with E-state index in [2.05, 4.69) is 20.3 Å². The van der Waals surface area contributed by atoms with Gasteiger partial charge in [0.1, 0.15) is 5.82 Å². The first-order valence-electron chi connectivity index (χ1n) is 7.65. The SMILES string of the molecule is CCNC(=NCCOC)NCCS(=O)(=O)Nc1ccc(C)c(F)c1. The molecular weight excluding hydrogens is 335 g/mol. The normalized spacial score (nSPS) is 12.1. The Morgan fingerprint density at radius 3 is 2.71 bits per heavy atom. The van der Waals surface area contributed by atoms with Crippen molar-refractivity contribution in [3.63, 3.8) is 0 Å². The van der Waals surface area contributed by atoms with Crippen molar-refractivity contribution in [2.24, 2.45) is 4.99 Å². The lowest BCUT2D eigenvalue weighted by atomic mass is 10.2. The molecule has 1 rings (SSSR count). The molecule has 0 saturated carbocycles. The van der Waals surface area contributed by atoms with Gasteiger partial charge in [0.2, 0.25) is 10.0 Å². The average Bonchev–Trinajstić information content (AvgIpc) is 2.51. The third kappa shape index (κ3) is 7.60. The molecule has 0 amide bonds. The molecule has 24 heavy (non-hydrogen) atoms. The first-order chi connectivity index (χ1) is 11.4. The van der Waals surface area contributed by atoms with Crippen LogP contribution in [0.15, 0.2) is 23.2 Å². The van der Waals surface area contributed by atoms with Crippen LogP contribution in [0.2, 0.25) is 0 Å². The van der Waals surface area contributed by atoms with Crippen LogP contribution in [0.5, 0.6) is 0 Å². The van der Waals surface area contributed by atoms with Gasteiger partial charge in [-0.1, -0.05) is 6.07 Å². The molecular formula is C15H25FN4O3S. The van der Waals surface area contributed by atoms with E-state index in [1.54, 1.807) is 14.0 Å². The zero-order valence-corrected chi connectivity index (χ0v) is 15.0. The summed E-state index contributed by atoms with van der Waals surface area (Å²) in [5, 5.41) is 5.94. The molecule has 7 nitrogen and oxygen atoms in total. The van der Waals surface area contributed by atoms with Crippen molar-refractivity contribution in [3.05, 3.63) is 29.6 Å². The Labute approximate surface area is 142 Å². The summed E-state index contributed by atoms with van der Waals surface area (Å²) in [7, 11) is -2.00. The minimum absolute atomic E-state index is 0.169. The van der Waals surface area contributed by atoms with Gasteiger partial charge in [0.25, 0.3) is 0 Å². The quantitative estimate of drug-likeness (QED) is 0.348. The Morgan fingerprint density at radius 1 is 1.33 bits per heavy atom. The van der Waals surface area contributed by atoms with Crippen molar-refractivity contribution in [3.8, 4) is 0 Å². The summed E-state index contributed by atoms with van der Waals surface area (Å²) in [6, 6.07) is 4.22. The fourth-order valence-electron chi connectivity index (χ4n) is 1.78. The van der Waals surface area contributed by atoms with E-state index in [1.165, 1.54) is 12.1 Å². The predicted molar refractivity (Wildman–Crippen MR) is 94.4 cm³/mol. The minimum atomic E-state index is -3.59. The van der Waals surface area contributed by atoms with E-state index < -0.39 is 15.8 Å². The van der Waals surface area contributed by atoms with Gasteiger partial charge in [0.05, 0.1) is 24.6 Å². The summed E-state index contributed by atoms with van der Waals surface area (Å²) in [5.74, 6) is -0.101. The first kappa shape index (κ1) is 20.2. The number of aryl methyl sites for hydroxylation is 1. The van der Waals surface area contributed by atoms with E-state index in [9.17, 15) is 12.8 Å². The predicted octanol–water partition coefficient (Wildman–Crippen LogP) is 1.08. The molecule has 0 aliphatic heterocycles. The molecule has 0 unspecified atom stereocenters. The number of nitrogens with zero attached hydrogens (tertiary/aromatic N) is 1. The van der Waals surface area contributed by atoms with Crippen LogP contribution >= 0.6 is 0 Å². The van der Waals surface area contributed by atoms with Gasteiger partial charge in [-0.2, -0.15) is 0 Å². The highest BCUT2D eigenvalue weighted by atomic mass is 32.2. The second-order valence-electron chi connectivity index (χ2n) is 5.07. The molecule has 0 atom stereocenters. The maximum Gasteiger partial charge on any atom is 0.234 e. The molecule has 0 saturated heterocycles. The summed E-state index contributed by atoms with van der Waals surface area (Å²) in [5.41, 5.74) is 0.668. The van der Waals surface area contributed by atoms with Gasteiger partial charge in [-0.25, -0.2) is 12.8 Å². The molecule has 9 heteroatoms. The van der Waals surface area contributed by atoms with Crippen molar-refractivity contribution >= 4 is 21.7 Å². The molecule has 136 valence electrons. The highest BCUT2D eigenvalue weighted by Crippen LogP contribution is 2.14. The lowest BCUT2D eigenvalue weighted by Gasteiger charge is -2.12. The highest BCUT2D eigenvalue weighted by molar-refractivity contribution is 7.92. The molecule has 0 fully saturated rings. The summed E-state index contributed by atoms with van der Waals surface area (Å²) in [6.45, 7) is 5.31.